The topological polar surface area (TPSA) is 62.1 Å². The van der Waals surface area contributed by atoms with Gasteiger partial charge in [-0.2, -0.15) is 5.26 Å². The predicted molar refractivity (Wildman–Crippen MR) is 44.3 cm³/mol. The van der Waals surface area contributed by atoms with Crippen LogP contribution in [0.1, 0.15) is 19.8 Å². The Hall–Kier alpha value is -1.08. The van der Waals surface area contributed by atoms with Crippen molar-refractivity contribution in [3.8, 4) is 6.07 Å². The molecule has 0 heterocycles. The maximum atomic E-state index is 11.0. The molecule has 0 saturated heterocycles. The first-order valence-electron chi connectivity index (χ1n) is 3.94. The minimum atomic E-state index is -0.275. The SMILES string of the molecule is CCC(NCCC#N)C(=O)OC. The summed E-state index contributed by atoms with van der Waals surface area (Å²) >= 11 is 0. The van der Waals surface area contributed by atoms with E-state index in [1.54, 1.807) is 0 Å². The molecule has 1 N–H and O–H groups in total. The molecular weight excluding hydrogens is 156 g/mol. The Kier molecular flexibility index (Phi) is 6.02. The number of ether oxygens (including phenoxy) is 1. The average Bonchev–Trinajstić information content (AvgIpc) is 2.11. The summed E-state index contributed by atoms with van der Waals surface area (Å²) in [6, 6.07) is 1.71. The van der Waals surface area contributed by atoms with E-state index in [0.717, 1.165) is 0 Å². The molecule has 0 aromatic heterocycles. The van der Waals surface area contributed by atoms with E-state index >= 15 is 0 Å². The van der Waals surface area contributed by atoms with E-state index in [4.69, 9.17) is 5.26 Å². The van der Waals surface area contributed by atoms with Gasteiger partial charge in [-0.3, -0.25) is 4.79 Å². The van der Waals surface area contributed by atoms with Crippen molar-refractivity contribution in [2.45, 2.75) is 25.8 Å². The number of nitriles is 1. The van der Waals surface area contributed by atoms with Crippen LogP contribution in [0.4, 0.5) is 0 Å². The molecule has 0 aromatic carbocycles. The highest BCUT2D eigenvalue weighted by molar-refractivity contribution is 5.75. The van der Waals surface area contributed by atoms with Crippen molar-refractivity contribution in [1.29, 1.82) is 5.26 Å². The van der Waals surface area contributed by atoms with Gasteiger partial charge in [-0.05, 0) is 6.42 Å². The summed E-state index contributed by atoms with van der Waals surface area (Å²) in [5.41, 5.74) is 0. The van der Waals surface area contributed by atoms with Gasteiger partial charge in [0, 0.05) is 13.0 Å². The van der Waals surface area contributed by atoms with Crippen LogP contribution in [-0.4, -0.2) is 25.7 Å². The number of rotatable bonds is 5. The number of esters is 1. The van der Waals surface area contributed by atoms with Crippen LogP contribution in [-0.2, 0) is 9.53 Å². The number of carbonyl (C=O) groups is 1. The van der Waals surface area contributed by atoms with Gasteiger partial charge < -0.3 is 10.1 Å². The Labute approximate surface area is 72.5 Å². The third-order valence-corrected chi connectivity index (χ3v) is 1.52. The standard InChI is InChI=1S/C8H14N2O2/c1-3-7(8(11)12-2)10-6-4-5-9/h7,10H,3-4,6H2,1-2H3. The molecule has 1 atom stereocenters. The summed E-state index contributed by atoms with van der Waals surface area (Å²) < 4.78 is 4.55. The number of methoxy groups -OCH3 is 1. The lowest BCUT2D eigenvalue weighted by molar-refractivity contribution is -0.143. The monoisotopic (exact) mass is 170 g/mol. The molecule has 0 rings (SSSR count). The summed E-state index contributed by atoms with van der Waals surface area (Å²) in [4.78, 5) is 11.0. The quantitative estimate of drug-likeness (QED) is 0.480. The van der Waals surface area contributed by atoms with Gasteiger partial charge >= 0.3 is 5.97 Å². The van der Waals surface area contributed by atoms with Crippen LogP contribution in [0.3, 0.4) is 0 Å². The molecule has 0 aliphatic rings. The minimum absolute atomic E-state index is 0.268. The van der Waals surface area contributed by atoms with E-state index in [1.165, 1.54) is 7.11 Å². The molecule has 0 aliphatic carbocycles. The van der Waals surface area contributed by atoms with Crippen LogP contribution in [0.5, 0.6) is 0 Å². The molecule has 68 valence electrons. The van der Waals surface area contributed by atoms with Crippen molar-refractivity contribution in [3.05, 3.63) is 0 Å². The van der Waals surface area contributed by atoms with E-state index in [-0.39, 0.29) is 12.0 Å². The molecule has 4 heteroatoms. The summed E-state index contributed by atoms with van der Waals surface area (Å²) in [5.74, 6) is -0.268. The third-order valence-electron chi connectivity index (χ3n) is 1.52. The Bertz CT molecular complexity index is 174. The van der Waals surface area contributed by atoms with Gasteiger partial charge in [-0.25, -0.2) is 0 Å². The molecule has 0 aromatic rings. The van der Waals surface area contributed by atoms with E-state index in [0.29, 0.717) is 19.4 Å². The first-order chi connectivity index (χ1) is 5.76. The number of hydrogen-bond donors (Lipinski definition) is 1. The average molecular weight is 170 g/mol. The zero-order valence-electron chi connectivity index (χ0n) is 7.46. The Morgan fingerprint density at radius 3 is 2.83 bits per heavy atom. The normalized spacial score (nSPS) is 11.8. The maximum Gasteiger partial charge on any atom is 0.322 e. The second-order valence-electron chi connectivity index (χ2n) is 2.35. The lowest BCUT2D eigenvalue weighted by atomic mass is 10.2. The van der Waals surface area contributed by atoms with Crippen molar-refractivity contribution < 1.29 is 9.53 Å². The van der Waals surface area contributed by atoms with Crippen molar-refractivity contribution in [2.24, 2.45) is 0 Å². The van der Waals surface area contributed by atoms with Gasteiger partial charge in [-0.1, -0.05) is 6.92 Å². The summed E-state index contributed by atoms with van der Waals surface area (Å²) in [6.07, 6.45) is 1.09. The fourth-order valence-electron chi connectivity index (χ4n) is 0.839. The zero-order chi connectivity index (χ0) is 9.40. The van der Waals surface area contributed by atoms with Gasteiger partial charge in [0.15, 0.2) is 0 Å². The molecule has 0 radical (unpaired) electrons. The van der Waals surface area contributed by atoms with Crippen LogP contribution in [0, 0.1) is 11.3 Å². The lowest BCUT2D eigenvalue weighted by Gasteiger charge is -2.12. The summed E-state index contributed by atoms with van der Waals surface area (Å²) in [7, 11) is 1.36. The van der Waals surface area contributed by atoms with E-state index in [2.05, 4.69) is 10.1 Å². The van der Waals surface area contributed by atoms with Gasteiger partial charge in [0.1, 0.15) is 6.04 Å². The fourth-order valence-corrected chi connectivity index (χ4v) is 0.839. The highest BCUT2D eigenvalue weighted by Gasteiger charge is 2.14. The molecule has 12 heavy (non-hydrogen) atoms. The highest BCUT2D eigenvalue weighted by Crippen LogP contribution is 1.93. The van der Waals surface area contributed by atoms with Crippen LogP contribution in [0.2, 0.25) is 0 Å². The third kappa shape index (κ3) is 3.94. The van der Waals surface area contributed by atoms with Crippen molar-refractivity contribution >= 4 is 5.97 Å². The van der Waals surface area contributed by atoms with Gasteiger partial charge in [0.05, 0.1) is 13.2 Å². The molecule has 0 saturated carbocycles. The number of nitrogens with zero attached hydrogens (tertiary/aromatic N) is 1. The molecule has 0 amide bonds. The molecule has 1 unspecified atom stereocenters. The smallest absolute Gasteiger partial charge is 0.322 e. The first kappa shape index (κ1) is 10.9. The second kappa shape index (κ2) is 6.62. The van der Waals surface area contributed by atoms with Crippen LogP contribution >= 0.6 is 0 Å². The minimum Gasteiger partial charge on any atom is -0.468 e. The number of carbonyl (C=O) groups excluding carboxylic acids is 1. The molecule has 0 spiro atoms. The fraction of sp³-hybridized carbons (Fsp3) is 0.750. The second-order valence-corrected chi connectivity index (χ2v) is 2.35. The van der Waals surface area contributed by atoms with Gasteiger partial charge in [-0.15, -0.1) is 0 Å². The number of hydrogen-bond acceptors (Lipinski definition) is 4. The van der Waals surface area contributed by atoms with Crippen molar-refractivity contribution in [2.75, 3.05) is 13.7 Å². The molecule has 0 aliphatic heterocycles. The highest BCUT2D eigenvalue weighted by atomic mass is 16.5. The largest absolute Gasteiger partial charge is 0.468 e. The van der Waals surface area contributed by atoms with Gasteiger partial charge in [0.25, 0.3) is 0 Å². The Balaban J connectivity index is 3.69. The summed E-state index contributed by atoms with van der Waals surface area (Å²) in [6.45, 7) is 2.42. The first-order valence-corrected chi connectivity index (χ1v) is 3.94. The van der Waals surface area contributed by atoms with Crippen LogP contribution in [0.15, 0.2) is 0 Å². The van der Waals surface area contributed by atoms with Crippen molar-refractivity contribution in [1.82, 2.24) is 5.32 Å². The Morgan fingerprint density at radius 1 is 1.75 bits per heavy atom. The molecule has 0 fully saturated rings. The van der Waals surface area contributed by atoms with E-state index in [9.17, 15) is 4.79 Å². The molecule has 0 bridgehead atoms. The van der Waals surface area contributed by atoms with Crippen LogP contribution < -0.4 is 5.32 Å². The predicted octanol–water partition coefficient (Wildman–Crippen LogP) is 0.441. The van der Waals surface area contributed by atoms with Crippen LogP contribution in [0.25, 0.3) is 0 Å². The molecule has 4 nitrogen and oxygen atoms in total. The van der Waals surface area contributed by atoms with Crippen molar-refractivity contribution in [3.63, 3.8) is 0 Å². The zero-order valence-corrected chi connectivity index (χ0v) is 7.46. The van der Waals surface area contributed by atoms with E-state index < -0.39 is 0 Å². The summed E-state index contributed by atoms with van der Waals surface area (Å²) in [5, 5.41) is 11.2. The molecular formula is C8H14N2O2. The maximum absolute atomic E-state index is 11.0. The van der Waals surface area contributed by atoms with Gasteiger partial charge in [0.2, 0.25) is 0 Å². The van der Waals surface area contributed by atoms with E-state index in [1.807, 2.05) is 13.0 Å². The Morgan fingerprint density at radius 2 is 2.42 bits per heavy atom. The number of nitrogens with one attached hydrogen (secondary N) is 1. The lowest BCUT2D eigenvalue weighted by Crippen LogP contribution is -2.37.